The number of aliphatic hydroxyl groups is 1. The van der Waals surface area contributed by atoms with Gasteiger partial charge in [-0.1, -0.05) is 290 Å². The molecular weight excluding hydrogens is 1330 g/mol. The molecule has 586 valence electrons. The maximum Gasteiger partial charge on any atom is 0.472 e. The molecule has 0 amide bonds. The first kappa shape index (κ1) is 97.5. The molecule has 19 heteroatoms. The summed E-state index contributed by atoms with van der Waals surface area (Å²) in [5.41, 5.74) is 0. The predicted octanol–water partition coefficient (Wildman–Crippen LogP) is 23.1. The summed E-state index contributed by atoms with van der Waals surface area (Å²) < 4.78 is 68.6. The molecule has 0 aromatic carbocycles. The van der Waals surface area contributed by atoms with Crippen molar-refractivity contribution in [3.05, 3.63) is 122 Å². The summed E-state index contributed by atoms with van der Waals surface area (Å²) in [5.74, 6) is -2.22. The van der Waals surface area contributed by atoms with Gasteiger partial charge in [0.25, 0.3) is 0 Å². The molecule has 0 bridgehead atoms. The second-order valence-electron chi connectivity index (χ2n) is 26.2. The Morgan fingerprint density at radius 1 is 0.284 bits per heavy atom. The molecule has 17 nitrogen and oxygen atoms in total. The fraction of sp³-hybridized carbons (Fsp3) is 0.711. The monoisotopic (exact) mass is 1470 g/mol. The van der Waals surface area contributed by atoms with Gasteiger partial charge in [0, 0.05) is 25.7 Å². The molecule has 0 aliphatic heterocycles. The van der Waals surface area contributed by atoms with Crippen LogP contribution in [0.2, 0.25) is 0 Å². The first-order valence-electron chi connectivity index (χ1n) is 39.8. The Morgan fingerprint density at radius 2 is 0.510 bits per heavy atom. The lowest BCUT2D eigenvalue weighted by molar-refractivity contribution is -0.161. The Hall–Kier alpha value is -4.54. The van der Waals surface area contributed by atoms with Gasteiger partial charge in [0.2, 0.25) is 0 Å². The van der Waals surface area contributed by atoms with Gasteiger partial charge in [0.1, 0.15) is 19.3 Å². The van der Waals surface area contributed by atoms with Crippen molar-refractivity contribution in [2.45, 2.75) is 341 Å². The second kappa shape index (κ2) is 74.7. The van der Waals surface area contributed by atoms with Crippen molar-refractivity contribution in [1.29, 1.82) is 0 Å². The van der Waals surface area contributed by atoms with Crippen LogP contribution >= 0.6 is 15.6 Å². The van der Waals surface area contributed by atoms with E-state index in [9.17, 15) is 43.2 Å². The van der Waals surface area contributed by atoms with Crippen LogP contribution in [0.15, 0.2) is 122 Å². The van der Waals surface area contributed by atoms with Crippen molar-refractivity contribution < 1.29 is 80.2 Å². The van der Waals surface area contributed by atoms with Gasteiger partial charge in [-0.3, -0.25) is 37.3 Å². The van der Waals surface area contributed by atoms with Gasteiger partial charge in [-0.2, -0.15) is 0 Å². The molecule has 0 aliphatic carbocycles. The number of unbranched alkanes of at least 4 members (excludes halogenated alkanes) is 28. The normalized spacial score (nSPS) is 14.5. The summed E-state index contributed by atoms with van der Waals surface area (Å²) in [6, 6.07) is 0. The van der Waals surface area contributed by atoms with E-state index < -0.39 is 97.5 Å². The van der Waals surface area contributed by atoms with Crippen molar-refractivity contribution in [2.24, 2.45) is 0 Å². The summed E-state index contributed by atoms with van der Waals surface area (Å²) >= 11 is 0. The number of hydrogen-bond acceptors (Lipinski definition) is 15. The van der Waals surface area contributed by atoms with E-state index in [4.69, 9.17) is 37.0 Å². The van der Waals surface area contributed by atoms with Crippen LogP contribution in [0.4, 0.5) is 0 Å². The van der Waals surface area contributed by atoms with E-state index in [1.54, 1.807) is 0 Å². The van der Waals surface area contributed by atoms with Crippen LogP contribution in [0.3, 0.4) is 0 Å². The highest BCUT2D eigenvalue weighted by atomic mass is 31.2. The number of aliphatic hydroxyl groups excluding tert-OH is 1. The molecule has 0 aromatic heterocycles. The highest BCUT2D eigenvalue weighted by Crippen LogP contribution is 2.45. The molecule has 0 saturated heterocycles. The number of carbonyl (C=O) groups excluding carboxylic acids is 4. The Balaban J connectivity index is 5.37. The molecule has 0 saturated carbocycles. The van der Waals surface area contributed by atoms with Crippen LogP contribution in [0.5, 0.6) is 0 Å². The van der Waals surface area contributed by atoms with E-state index in [0.29, 0.717) is 25.7 Å². The van der Waals surface area contributed by atoms with Crippen LogP contribution < -0.4 is 0 Å². The average Bonchev–Trinajstić information content (AvgIpc) is 0.924. The van der Waals surface area contributed by atoms with E-state index in [0.717, 1.165) is 193 Å². The number of carbonyl (C=O) groups is 4. The number of hydrogen-bond donors (Lipinski definition) is 3. The van der Waals surface area contributed by atoms with Crippen LogP contribution in [0.1, 0.15) is 323 Å². The molecule has 3 N–H and O–H groups in total. The van der Waals surface area contributed by atoms with Crippen LogP contribution in [0.25, 0.3) is 0 Å². The molecule has 0 radical (unpaired) electrons. The lowest BCUT2D eigenvalue weighted by Crippen LogP contribution is -2.30. The Labute approximate surface area is 619 Å². The Morgan fingerprint density at radius 3 is 0.784 bits per heavy atom. The van der Waals surface area contributed by atoms with Gasteiger partial charge in [0.05, 0.1) is 26.4 Å². The quantitative estimate of drug-likeness (QED) is 0.0169. The van der Waals surface area contributed by atoms with E-state index in [2.05, 4.69) is 149 Å². The molecule has 0 heterocycles. The van der Waals surface area contributed by atoms with Gasteiger partial charge in [-0.15, -0.1) is 0 Å². The van der Waals surface area contributed by atoms with Crippen molar-refractivity contribution in [1.82, 2.24) is 0 Å². The smallest absolute Gasteiger partial charge is 0.462 e. The number of rotatable bonds is 74. The summed E-state index contributed by atoms with van der Waals surface area (Å²) in [6.45, 7) is 4.51. The maximum absolute atomic E-state index is 13.1. The van der Waals surface area contributed by atoms with Gasteiger partial charge in [-0.25, -0.2) is 9.13 Å². The van der Waals surface area contributed by atoms with E-state index in [-0.39, 0.29) is 25.7 Å². The van der Waals surface area contributed by atoms with Crippen LogP contribution in [-0.2, 0) is 65.4 Å². The predicted molar refractivity (Wildman–Crippen MR) is 418 cm³/mol. The number of phosphoric acid groups is 2. The van der Waals surface area contributed by atoms with Gasteiger partial charge in [0.15, 0.2) is 12.2 Å². The zero-order valence-corrected chi connectivity index (χ0v) is 65.8. The lowest BCUT2D eigenvalue weighted by atomic mass is 10.0. The third-order valence-electron chi connectivity index (χ3n) is 16.4. The maximum atomic E-state index is 13.1. The third kappa shape index (κ3) is 73.8. The first-order chi connectivity index (χ1) is 49.7. The fourth-order valence-electron chi connectivity index (χ4n) is 10.5. The molecule has 102 heavy (non-hydrogen) atoms. The molecule has 0 fully saturated rings. The van der Waals surface area contributed by atoms with Crippen LogP contribution in [0, 0.1) is 0 Å². The molecule has 5 unspecified atom stereocenters. The SMILES string of the molecule is CC/C=C\C/C=C\C/C=C\C/C=C\CCCCCCCCC(=O)OCC(COP(=O)(O)OCC(O)COP(=O)(O)OCC(COC(=O)CCCCCCC/C=C\C/C=C\C/C=C\CC)OC(=O)CCCCCCCCCCCCCCC)OC(=O)CCCCCCC/C=C\C/C=C\C/C=C\CC. The fourth-order valence-corrected chi connectivity index (χ4v) is 12.1. The highest BCUT2D eigenvalue weighted by Gasteiger charge is 2.30. The number of phosphoric ester groups is 2. The lowest BCUT2D eigenvalue weighted by Gasteiger charge is -2.21. The standard InChI is InChI=1S/C83H142O17P2/c1-5-9-13-17-21-25-29-33-36-37-38-39-42-45-48-52-56-60-64-68-81(86)94-74-79(100-83(88)70-66-62-58-54-50-46-41-35-31-27-23-19-15-11-7-3)76-98-102(91,92)96-72-77(84)71-95-101(89,90)97-75-78(99-82(87)69-65-61-57-53-49-43-32-28-24-20-16-12-8-4)73-93-80(85)67-63-59-55-51-47-44-40-34-30-26-22-18-14-10-6-2/h9-11,13-15,21-23,25-27,33-36,38-41,77-79,84H,5-8,12,16-20,24,28-32,37,42-76H2,1-4H3,(H,89,90)(H,91,92)/b13-9-,14-10-,15-11-,25-21-,26-22-,27-23-,36-33-,39-38-,40-34-,41-35-. The van der Waals surface area contributed by atoms with Crippen molar-refractivity contribution >= 4 is 39.5 Å². The van der Waals surface area contributed by atoms with Crippen molar-refractivity contribution in [2.75, 3.05) is 39.6 Å². The first-order valence-corrected chi connectivity index (χ1v) is 42.8. The largest absolute Gasteiger partial charge is 0.472 e. The van der Waals surface area contributed by atoms with Crippen molar-refractivity contribution in [3.8, 4) is 0 Å². The summed E-state index contributed by atoms with van der Waals surface area (Å²) in [5, 5.41) is 10.6. The summed E-state index contributed by atoms with van der Waals surface area (Å²) in [7, 11) is -9.97. The molecule has 0 aliphatic rings. The van der Waals surface area contributed by atoms with Gasteiger partial charge >= 0.3 is 39.5 Å². The van der Waals surface area contributed by atoms with Gasteiger partial charge in [-0.05, 0) is 128 Å². The van der Waals surface area contributed by atoms with E-state index in [1.165, 1.54) is 51.4 Å². The minimum atomic E-state index is -4.99. The zero-order chi connectivity index (χ0) is 74.6. The van der Waals surface area contributed by atoms with E-state index in [1.807, 2.05) is 0 Å². The van der Waals surface area contributed by atoms with Crippen LogP contribution in [-0.4, -0.2) is 96.7 Å². The second-order valence-corrected chi connectivity index (χ2v) is 29.1. The molecule has 0 rings (SSSR count). The number of ether oxygens (including phenoxy) is 4. The average molecular weight is 1470 g/mol. The molecule has 5 atom stereocenters. The topological polar surface area (TPSA) is 237 Å². The highest BCUT2D eigenvalue weighted by molar-refractivity contribution is 7.47. The molecule has 0 spiro atoms. The Bertz CT molecular complexity index is 2410. The summed E-state index contributed by atoms with van der Waals surface area (Å²) in [6.07, 6.45) is 81.7. The van der Waals surface area contributed by atoms with Gasteiger partial charge < -0.3 is 33.8 Å². The Kier molecular flexibility index (Phi) is 71.4. The summed E-state index contributed by atoms with van der Waals surface area (Å²) in [4.78, 5) is 73.0. The molecule has 0 aromatic rings. The third-order valence-corrected chi connectivity index (χ3v) is 18.3. The minimum Gasteiger partial charge on any atom is -0.462 e. The zero-order valence-electron chi connectivity index (χ0n) is 64.0. The number of esters is 4. The van der Waals surface area contributed by atoms with E-state index >= 15 is 0 Å². The van der Waals surface area contributed by atoms with Crippen molar-refractivity contribution in [3.63, 3.8) is 0 Å². The molecular formula is C83H142O17P2. The number of allylic oxidation sites excluding steroid dienone is 20. The minimum absolute atomic E-state index is 0.0700.